The Bertz CT molecular complexity index is 1660. The zero-order chi connectivity index (χ0) is 54.3. The maximum absolute atomic E-state index is 12.9. The first-order valence-corrected chi connectivity index (χ1v) is 30.3. The summed E-state index contributed by atoms with van der Waals surface area (Å²) in [4.78, 5) is 38.3. The molecule has 0 aromatic rings. The zero-order valence-electron chi connectivity index (χ0n) is 48.3. The van der Waals surface area contributed by atoms with E-state index in [4.69, 9.17) is 14.2 Å². The second-order valence-corrected chi connectivity index (χ2v) is 19.5. The molecule has 422 valence electrons. The molecule has 6 nitrogen and oxygen atoms in total. The summed E-state index contributed by atoms with van der Waals surface area (Å²) in [5.41, 5.74) is 0. The summed E-state index contributed by atoms with van der Waals surface area (Å²) >= 11 is 0. The van der Waals surface area contributed by atoms with Gasteiger partial charge in [-0.15, -0.1) is 0 Å². The summed E-state index contributed by atoms with van der Waals surface area (Å²) in [7, 11) is 0. The summed E-state index contributed by atoms with van der Waals surface area (Å²) in [5.74, 6) is -0.984. The molecule has 0 aromatic heterocycles. The van der Waals surface area contributed by atoms with E-state index in [0.29, 0.717) is 19.3 Å². The molecule has 0 radical (unpaired) electrons. The Kier molecular flexibility index (Phi) is 58.0. The zero-order valence-corrected chi connectivity index (χ0v) is 48.3. The van der Waals surface area contributed by atoms with Crippen molar-refractivity contribution in [1.29, 1.82) is 0 Å². The van der Waals surface area contributed by atoms with E-state index in [2.05, 4.69) is 167 Å². The summed E-state index contributed by atoms with van der Waals surface area (Å²) < 4.78 is 16.8. The van der Waals surface area contributed by atoms with Gasteiger partial charge in [0.1, 0.15) is 13.2 Å². The van der Waals surface area contributed by atoms with Crippen molar-refractivity contribution in [3.05, 3.63) is 146 Å². The van der Waals surface area contributed by atoms with Gasteiger partial charge in [-0.3, -0.25) is 14.4 Å². The summed E-state index contributed by atoms with van der Waals surface area (Å²) in [5, 5.41) is 0. The Morgan fingerprint density at radius 2 is 0.520 bits per heavy atom. The maximum Gasteiger partial charge on any atom is 0.306 e. The van der Waals surface area contributed by atoms with Crippen molar-refractivity contribution in [2.24, 2.45) is 0 Å². The van der Waals surface area contributed by atoms with Gasteiger partial charge in [0.2, 0.25) is 0 Å². The first-order valence-electron chi connectivity index (χ1n) is 30.3. The number of hydrogen-bond acceptors (Lipinski definition) is 6. The van der Waals surface area contributed by atoms with Crippen molar-refractivity contribution < 1.29 is 28.6 Å². The molecule has 0 fully saturated rings. The molecule has 1 unspecified atom stereocenters. The van der Waals surface area contributed by atoms with Crippen LogP contribution in [-0.2, 0) is 28.6 Å². The lowest BCUT2D eigenvalue weighted by Crippen LogP contribution is -2.30. The van der Waals surface area contributed by atoms with E-state index in [1.807, 2.05) is 0 Å². The minimum atomic E-state index is -0.820. The van der Waals surface area contributed by atoms with Gasteiger partial charge in [0.05, 0.1) is 0 Å². The summed E-state index contributed by atoms with van der Waals surface area (Å²) in [6, 6.07) is 0. The monoisotopic (exact) mass is 1030 g/mol. The normalized spacial score (nSPS) is 13.2. The highest BCUT2D eigenvalue weighted by molar-refractivity contribution is 5.71. The van der Waals surface area contributed by atoms with Gasteiger partial charge in [-0.05, 0) is 141 Å². The number of ether oxygens (including phenoxy) is 3. The average molecular weight is 1040 g/mol. The number of allylic oxidation sites excluding steroid dienone is 24. The molecule has 0 aliphatic heterocycles. The first-order chi connectivity index (χ1) is 37.0. The van der Waals surface area contributed by atoms with Crippen LogP contribution in [0, 0.1) is 0 Å². The lowest BCUT2D eigenvalue weighted by atomic mass is 10.1. The van der Waals surface area contributed by atoms with Crippen molar-refractivity contribution in [2.75, 3.05) is 13.2 Å². The van der Waals surface area contributed by atoms with E-state index < -0.39 is 6.10 Å². The largest absolute Gasteiger partial charge is 0.462 e. The Balaban J connectivity index is 4.54. The molecule has 0 bridgehead atoms. The van der Waals surface area contributed by atoms with Gasteiger partial charge in [0, 0.05) is 19.3 Å². The third kappa shape index (κ3) is 60.0. The Hall–Kier alpha value is -4.71. The highest BCUT2D eigenvalue weighted by Crippen LogP contribution is 2.13. The fourth-order valence-electron chi connectivity index (χ4n) is 7.82. The van der Waals surface area contributed by atoms with E-state index in [0.717, 1.165) is 154 Å². The number of rotatable bonds is 53. The van der Waals surface area contributed by atoms with Gasteiger partial charge in [0.15, 0.2) is 6.10 Å². The van der Waals surface area contributed by atoms with Gasteiger partial charge in [-0.2, -0.15) is 0 Å². The van der Waals surface area contributed by atoms with Crippen LogP contribution in [0.25, 0.3) is 0 Å². The predicted molar refractivity (Wildman–Crippen MR) is 325 cm³/mol. The quantitative estimate of drug-likeness (QED) is 0.0261. The van der Waals surface area contributed by atoms with Crippen molar-refractivity contribution in [3.63, 3.8) is 0 Å². The standard InChI is InChI=1S/C69H110O6/c1-4-7-10-13-16-19-22-25-28-31-33-34-36-38-41-44-47-50-53-56-59-62-68(71)74-65-66(64-73-67(70)61-58-55-52-49-46-43-40-37-30-27-24-21-18-15-12-9-6-3)75-69(72)63-60-57-54-51-48-45-42-39-35-32-29-26-23-20-17-14-11-8-5-2/h8-9,11-12,17-18,20-22,25-27,29-31,33,35-36,38-40,43,45,48,66H,4-7,10,13-16,19,23-24,28,32,34,37,41-42,44,46-47,49-65H2,1-3H3/b11-8-,12-9-,20-17-,21-18-,25-22-,29-26-,30-27-,33-31-,38-36-,39-35-,43-40-,48-45-. The van der Waals surface area contributed by atoms with Crippen LogP contribution in [0.15, 0.2) is 146 Å². The van der Waals surface area contributed by atoms with Gasteiger partial charge in [-0.1, -0.05) is 237 Å². The molecule has 0 spiro atoms. The number of carbonyl (C=O) groups is 3. The van der Waals surface area contributed by atoms with Crippen LogP contribution in [0.2, 0.25) is 0 Å². The fourth-order valence-corrected chi connectivity index (χ4v) is 7.82. The lowest BCUT2D eigenvalue weighted by molar-refractivity contribution is -0.167. The van der Waals surface area contributed by atoms with Crippen molar-refractivity contribution in [3.8, 4) is 0 Å². The number of esters is 3. The van der Waals surface area contributed by atoms with Crippen LogP contribution in [0.1, 0.15) is 252 Å². The molecule has 0 N–H and O–H groups in total. The molecule has 75 heavy (non-hydrogen) atoms. The Labute approximate surface area is 461 Å². The molecule has 6 heteroatoms. The highest BCUT2D eigenvalue weighted by Gasteiger charge is 2.19. The third-order valence-corrected chi connectivity index (χ3v) is 12.3. The van der Waals surface area contributed by atoms with Crippen LogP contribution in [0.3, 0.4) is 0 Å². The summed E-state index contributed by atoms with van der Waals surface area (Å²) in [6.07, 6.45) is 88.4. The first kappa shape index (κ1) is 70.3. The van der Waals surface area contributed by atoms with Crippen LogP contribution in [0.4, 0.5) is 0 Å². The van der Waals surface area contributed by atoms with Gasteiger partial charge < -0.3 is 14.2 Å². The van der Waals surface area contributed by atoms with Crippen molar-refractivity contribution in [1.82, 2.24) is 0 Å². The van der Waals surface area contributed by atoms with Gasteiger partial charge in [-0.25, -0.2) is 0 Å². The van der Waals surface area contributed by atoms with Gasteiger partial charge in [0.25, 0.3) is 0 Å². The third-order valence-electron chi connectivity index (χ3n) is 12.3. The highest BCUT2D eigenvalue weighted by atomic mass is 16.6. The molecular weight excluding hydrogens is 925 g/mol. The van der Waals surface area contributed by atoms with Crippen LogP contribution in [0.5, 0.6) is 0 Å². The lowest BCUT2D eigenvalue weighted by Gasteiger charge is -2.18. The van der Waals surface area contributed by atoms with E-state index in [-0.39, 0.29) is 37.5 Å². The molecule has 1 atom stereocenters. The van der Waals surface area contributed by atoms with Crippen molar-refractivity contribution in [2.45, 2.75) is 258 Å². The molecule has 0 aromatic carbocycles. The van der Waals surface area contributed by atoms with Gasteiger partial charge >= 0.3 is 17.9 Å². The minimum absolute atomic E-state index is 0.112. The second-order valence-electron chi connectivity index (χ2n) is 19.5. The second kappa shape index (κ2) is 61.8. The predicted octanol–water partition coefficient (Wildman–Crippen LogP) is 20.8. The molecule has 0 aliphatic carbocycles. The molecule has 0 saturated heterocycles. The molecule has 0 rings (SSSR count). The van der Waals surface area contributed by atoms with Crippen LogP contribution in [-0.4, -0.2) is 37.2 Å². The summed E-state index contributed by atoms with van der Waals surface area (Å²) in [6.45, 7) is 6.34. The molecule has 0 saturated carbocycles. The van der Waals surface area contributed by atoms with E-state index in [1.165, 1.54) is 51.4 Å². The smallest absolute Gasteiger partial charge is 0.306 e. The Morgan fingerprint density at radius 3 is 0.827 bits per heavy atom. The fraction of sp³-hybridized carbons (Fsp3) is 0.609. The van der Waals surface area contributed by atoms with Crippen molar-refractivity contribution >= 4 is 17.9 Å². The average Bonchev–Trinajstić information content (AvgIpc) is 3.41. The topological polar surface area (TPSA) is 78.9 Å². The minimum Gasteiger partial charge on any atom is -0.462 e. The maximum atomic E-state index is 12.9. The molecule has 0 aliphatic rings. The molecular formula is C69H110O6. The van der Waals surface area contributed by atoms with E-state index in [1.54, 1.807) is 0 Å². The van der Waals surface area contributed by atoms with E-state index in [9.17, 15) is 14.4 Å². The van der Waals surface area contributed by atoms with Crippen LogP contribution < -0.4 is 0 Å². The number of hydrogen-bond donors (Lipinski definition) is 0. The number of unbranched alkanes of at least 4 members (excludes halogenated alkanes) is 18. The number of carbonyl (C=O) groups excluding carboxylic acids is 3. The SMILES string of the molecule is CC/C=C\C/C=C\C/C=C\C/C=C\C/C=C\CCCCCC(=O)OC(COC(=O)CCCCCC/C=C\C/C=C\C/C=C\C/C=C\CC)COC(=O)CCCCCCCC/C=C\C/C=C\C/C=C\CCCCCCC. The molecule has 0 amide bonds. The van der Waals surface area contributed by atoms with Crippen LogP contribution >= 0.6 is 0 Å². The molecule has 0 heterocycles. The van der Waals surface area contributed by atoms with E-state index >= 15 is 0 Å². The Morgan fingerprint density at radius 1 is 0.280 bits per heavy atom.